The van der Waals surface area contributed by atoms with Crippen molar-refractivity contribution in [1.29, 1.82) is 0 Å². The number of rotatable bonds is 4. The van der Waals surface area contributed by atoms with Gasteiger partial charge in [-0.3, -0.25) is 0 Å². The Morgan fingerprint density at radius 3 is 2.75 bits per heavy atom. The predicted molar refractivity (Wildman–Crippen MR) is 66.0 cm³/mol. The summed E-state index contributed by atoms with van der Waals surface area (Å²) in [4.78, 5) is 4.38. The van der Waals surface area contributed by atoms with Crippen molar-refractivity contribution in [2.75, 3.05) is 6.54 Å². The molecule has 1 aliphatic carbocycles. The molecule has 0 saturated heterocycles. The zero-order valence-electron chi connectivity index (χ0n) is 10.2. The van der Waals surface area contributed by atoms with Crippen LogP contribution in [0, 0.1) is 11.8 Å². The van der Waals surface area contributed by atoms with E-state index < -0.39 is 0 Å². The van der Waals surface area contributed by atoms with Gasteiger partial charge in [-0.2, -0.15) is 0 Å². The van der Waals surface area contributed by atoms with Crippen LogP contribution >= 0.6 is 0 Å². The average Bonchev–Trinajstić information content (AvgIpc) is 2.72. The Morgan fingerprint density at radius 1 is 1.38 bits per heavy atom. The molecule has 2 atom stereocenters. The fourth-order valence-electron chi connectivity index (χ4n) is 2.93. The Morgan fingerprint density at radius 2 is 2.12 bits per heavy atom. The van der Waals surface area contributed by atoms with Crippen LogP contribution < -0.4 is 5.73 Å². The lowest BCUT2D eigenvalue weighted by Crippen LogP contribution is -2.27. The maximum Gasteiger partial charge on any atom is 0.108 e. The molecule has 16 heavy (non-hydrogen) atoms. The van der Waals surface area contributed by atoms with Gasteiger partial charge < -0.3 is 10.3 Å². The maximum absolute atomic E-state index is 5.85. The third kappa shape index (κ3) is 2.64. The summed E-state index contributed by atoms with van der Waals surface area (Å²) in [6.45, 7) is 0.866. The number of hydrogen-bond donors (Lipinski definition) is 1. The highest BCUT2D eigenvalue weighted by Crippen LogP contribution is 2.32. The third-order valence-corrected chi connectivity index (χ3v) is 4.03. The third-order valence-electron chi connectivity index (χ3n) is 4.03. The topological polar surface area (TPSA) is 43.8 Å². The van der Waals surface area contributed by atoms with Crippen molar-refractivity contribution in [1.82, 2.24) is 9.55 Å². The van der Waals surface area contributed by atoms with Crippen LogP contribution in [0.15, 0.2) is 12.4 Å². The van der Waals surface area contributed by atoms with Crippen LogP contribution in [0.4, 0.5) is 0 Å². The summed E-state index contributed by atoms with van der Waals surface area (Å²) in [5.41, 5.74) is 5.85. The molecule has 3 nitrogen and oxygen atoms in total. The lowest BCUT2D eigenvalue weighted by Gasteiger charge is -2.30. The highest BCUT2D eigenvalue weighted by atomic mass is 15.0. The highest BCUT2D eigenvalue weighted by Gasteiger charge is 2.23. The SMILES string of the molecule is Cn1ccnc1CCC1CCCCC1CN. The van der Waals surface area contributed by atoms with Gasteiger partial charge in [-0.05, 0) is 31.2 Å². The molecule has 0 aliphatic heterocycles. The first kappa shape index (κ1) is 11.6. The number of nitrogens with two attached hydrogens (primary N) is 1. The van der Waals surface area contributed by atoms with Gasteiger partial charge >= 0.3 is 0 Å². The molecule has 2 unspecified atom stereocenters. The van der Waals surface area contributed by atoms with E-state index in [4.69, 9.17) is 5.73 Å². The van der Waals surface area contributed by atoms with Gasteiger partial charge in [0.05, 0.1) is 0 Å². The zero-order valence-corrected chi connectivity index (χ0v) is 10.2. The summed E-state index contributed by atoms with van der Waals surface area (Å²) in [6.07, 6.45) is 11.7. The van der Waals surface area contributed by atoms with Gasteiger partial charge in [0, 0.05) is 25.9 Å². The van der Waals surface area contributed by atoms with Crippen LogP contribution in [-0.2, 0) is 13.5 Å². The Kier molecular flexibility index (Phi) is 3.99. The molecule has 0 radical (unpaired) electrons. The van der Waals surface area contributed by atoms with Crippen LogP contribution in [0.2, 0.25) is 0 Å². The van der Waals surface area contributed by atoms with Crippen LogP contribution in [0.5, 0.6) is 0 Å². The van der Waals surface area contributed by atoms with Gasteiger partial charge in [0.25, 0.3) is 0 Å². The Hall–Kier alpha value is -0.830. The minimum absolute atomic E-state index is 0.758. The fourth-order valence-corrected chi connectivity index (χ4v) is 2.93. The predicted octanol–water partition coefficient (Wildman–Crippen LogP) is 2.12. The minimum Gasteiger partial charge on any atom is -0.338 e. The van der Waals surface area contributed by atoms with E-state index in [1.165, 1.54) is 37.9 Å². The van der Waals surface area contributed by atoms with Gasteiger partial charge in [0.2, 0.25) is 0 Å². The monoisotopic (exact) mass is 221 g/mol. The first-order valence-electron chi connectivity index (χ1n) is 6.47. The number of aromatic nitrogens is 2. The second-order valence-electron chi connectivity index (χ2n) is 5.03. The molecule has 2 N–H and O–H groups in total. The van der Waals surface area contributed by atoms with E-state index >= 15 is 0 Å². The van der Waals surface area contributed by atoms with Gasteiger partial charge in [-0.15, -0.1) is 0 Å². The molecule has 1 aromatic rings. The molecule has 1 saturated carbocycles. The Bertz CT molecular complexity index is 319. The molecule has 0 amide bonds. The van der Waals surface area contributed by atoms with Crippen molar-refractivity contribution in [2.24, 2.45) is 24.6 Å². The quantitative estimate of drug-likeness (QED) is 0.846. The van der Waals surface area contributed by atoms with E-state index in [0.29, 0.717) is 0 Å². The van der Waals surface area contributed by atoms with E-state index in [1.54, 1.807) is 0 Å². The van der Waals surface area contributed by atoms with Crippen LogP contribution in [-0.4, -0.2) is 16.1 Å². The van der Waals surface area contributed by atoms with Crippen molar-refractivity contribution in [2.45, 2.75) is 38.5 Å². The number of aryl methyl sites for hydroxylation is 2. The van der Waals surface area contributed by atoms with Crippen LogP contribution in [0.3, 0.4) is 0 Å². The maximum atomic E-state index is 5.85. The molecule has 1 aromatic heterocycles. The fraction of sp³-hybridized carbons (Fsp3) is 0.769. The average molecular weight is 221 g/mol. The largest absolute Gasteiger partial charge is 0.338 e. The smallest absolute Gasteiger partial charge is 0.108 e. The van der Waals surface area contributed by atoms with Crippen molar-refractivity contribution in [3.63, 3.8) is 0 Å². The van der Waals surface area contributed by atoms with Gasteiger partial charge in [0.1, 0.15) is 5.82 Å². The summed E-state index contributed by atoms with van der Waals surface area (Å²) < 4.78 is 2.13. The lowest BCUT2D eigenvalue weighted by molar-refractivity contribution is 0.229. The molecule has 0 spiro atoms. The normalized spacial score (nSPS) is 25.9. The summed E-state index contributed by atoms with van der Waals surface area (Å²) in [5.74, 6) is 2.80. The lowest BCUT2D eigenvalue weighted by atomic mass is 9.77. The Balaban J connectivity index is 1.86. The molecule has 0 aromatic carbocycles. The molecule has 1 heterocycles. The Labute approximate surface area is 98.1 Å². The van der Waals surface area contributed by atoms with E-state index in [9.17, 15) is 0 Å². The first-order chi connectivity index (χ1) is 7.81. The minimum atomic E-state index is 0.758. The van der Waals surface area contributed by atoms with E-state index in [-0.39, 0.29) is 0 Å². The number of hydrogen-bond acceptors (Lipinski definition) is 2. The van der Waals surface area contributed by atoms with Crippen molar-refractivity contribution < 1.29 is 0 Å². The molecule has 0 bridgehead atoms. The molecule has 90 valence electrons. The molecular formula is C13H23N3. The molecule has 2 rings (SSSR count). The van der Waals surface area contributed by atoms with Crippen LogP contribution in [0.1, 0.15) is 37.9 Å². The standard InChI is InChI=1S/C13H23N3/c1-16-9-8-15-13(16)7-6-11-4-2-3-5-12(11)10-14/h8-9,11-12H,2-7,10,14H2,1H3. The molecular weight excluding hydrogens is 198 g/mol. The van der Waals surface area contributed by atoms with Crippen molar-refractivity contribution >= 4 is 0 Å². The molecule has 1 fully saturated rings. The second-order valence-corrected chi connectivity index (χ2v) is 5.03. The molecule has 1 aliphatic rings. The van der Waals surface area contributed by atoms with Gasteiger partial charge in [-0.1, -0.05) is 19.3 Å². The van der Waals surface area contributed by atoms with Crippen molar-refractivity contribution in [3.05, 3.63) is 18.2 Å². The van der Waals surface area contributed by atoms with Gasteiger partial charge in [0.15, 0.2) is 0 Å². The first-order valence-corrected chi connectivity index (χ1v) is 6.47. The summed E-state index contributed by atoms with van der Waals surface area (Å²) in [7, 11) is 2.07. The van der Waals surface area contributed by atoms with E-state index in [1.807, 2.05) is 12.4 Å². The number of nitrogens with zero attached hydrogens (tertiary/aromatic N) is 2. The highest BCUT2D eigenvalue weighted by molar-refractivity contribution is 4.92. The number of imidazole rings is 1. The zero-order chi connectivity index (χ0) is 11.4. The molecule has 3 heteroatoms. The summed E-state index contributed by atoms with van der Waals surface area (Å²) in [6, 6.07) is 0. The van der Waals surface area contributed by atoms with Crippen LogP contribution in [0.25, 0.3) is 0 Å². The van der Waals surface area contributed by atoms with E-state index in [2.05, 4.69) is 16.6 Å². The second kappa shape index (κ2) is 5.48. The summed E-state index contributed by atoms with van der Waals surface area (Å²) in [5, 5.41) is 0. The summed E-state index contributed by atoms with van der Waals surface area (Å²) >= 11 is 0. The van der Waals surface area contributed by atoms with E-state index in [0.717, 1.165) is 24.8 Å². The van der Waals surface area contributed by atoms with Gasteiger partial charge in [-0.25, -0.2) is 4.98 Å². The van der Waals surface area contributed by atoms with Crippen molar-refractivity contribution in [3.8, 4) is 0 Å².